The van der Waals surface area contributed by atoms with Crippen molar-refractivity contribution in [1.82, 2.24) is 0 Å². The SMILES string of the molecule is COc1ccc(NC(=O)SC(N)=O)cc1OC. The minimum absolute atomic E-state index is 0.389. The molecule has 1 aromatic carbocycles. The molecule has 7 heteroatoms. The van der Waals surface area contributed by atoms with Crippen LogP contribution in [0.5, 0.6) is 11.5 Å². The van der Waals surface area contributed by atoms with Gasteiger partial charge in [0, 0.05) is 23.5 Å². The Kier molecular flexibility index (Phi) is 4.65. The Bertz CT molecular complexity index is 436. The van der Waals surface area contributed by atoms with Gasteiger partial charge in [-0.05, 0) is 12.1 Å². The minimum Gasteiger partial charge on any atom is -0.493 e. The van der Waals surface area contributed by atoms with Gasteiger partial charge in [0.2, 0.25) is 0 Å². The van der Waals surface area contributed by atoms with Crippen LogP contribution in [0.15, 0.2) is 18.2 Å². The average molecular weight is 256 g/mol. The largest absolute Gasteiger partial charge is 0.493 e. The number of hydrogen-bond donors (Lipinski definition) is 2. The zero-order valence-corrected chi connectivity index (χ0v) is 10.2. The number of methoxy groups -OCH3 is 2. The molecule has 6 nitrogen and oxygen atoms in total. The number of ether oxygens (including phenoxy) is 2. The van der Waals surface area contributed by atoms with E-state index in [0.29, 0.717) is 28.9 Å². The summed E-state index contributed by atoms with van der Waals surface area (Å²) < 4.78 is 10.1. The molecule has 1 aromatic rings. The fourth-order valence-corrected chi connectivity index (χ4v) is 1.50. The van der Waals surface area contributed by atoms with E-state index in [0.717, 1.165) is 0 Å². The van der Waals surface area contributed by atoms with Crippen molar-refractivity contribution in [3.63, 3.8) is 0 Å². The lowest BCUT2D eigenvalue weighted by Gasteiger charge is -2.09. The van der Waals surface area contributed by atoms with Gasteiger partial charge in [-0.1, -0.05) is 0 Å². The predicted octanol–water partition coefficient (Wildman–Crippen LogP) is 2.05. The summed E-state index contributed by atoms with van der Waals surface area (Å²) in [7, 11) is 3.00. The molecule has 0 aliphatic rings. The molecule has 0 aliphatic carbocycles. The summed E-state index contributed by atoms with van der Waals surface area (Å²) in [4.78, 5) is 21.8. The van der Waals surface area contributed by atoms with Crippen LogP contribution in [0.2, 0.25) is 0 Å². The van der Waals surface area contributed by atoms with Gasteiger partial charge in [0.1, 0.15) is 0 Å². The van der Waals surface area contributed by atoms with Crippen molar-refractivity contribution >= 4 is 27.9 Å². The van der Waals surface area contributed by atoms with Crippen molar-refractivity contribution in [3.05, 3.63) is 18.2 Å². The summed E-state index contributed by atoms with van der Waals surface area (Å²) in [6.07, 6.45) is 0. The van der Waals surface area contributed by atoms with Crippen LogP contribution in [0.4, 0.5) is 15.3 Å². The van der Waals surface area contributed by atoms with Crippen LogP contribution in [-0.2, 0) is 0 Å². The molecule has 1 rings (SSSR count). The van der Waals surface area contributed by atoms with Gasteiger partial charge in [-0.15, -0.1) is 0 Å². The van der Waals surface area contributed by atoms with Gasteiger partial charge in [0.05, 0.1) is 14.2 Å². The lowest BCUT2D eigenvalue weighted by Crippen LogP contribution is -2.12. The molecule has 0 unspecified atom stereocenters. The van der Waals surface area contributed by atoms with Crippen molar-refractivity contribution < 1.29 is 19.1 Å². The van der Waals surface area contributed by atoms with E-state index >= 15 is 0 Å². The second kappa shape index (κ2) is 6.00. The number of anilines is 1. The van der Waals surface area contributed by atoms with E-state index in [1.807, 2.05) is 0 Å². The number of carbonyl (C=O) groups excluding carboxylic acids is 2. The first kappa shape index (κ1) is 13.2. The molecule has 0 saturated heterocycles. The van der Waals surface area contributed by atoms with E-state index in [1.165, 1.54) is 14.2 Å². The molecule has 0 aromatic heterocycles. The lowest BCUT2D eigenvalue weighted by molar-refractivity contribution is 0.265. The van der Waals surface area contributed by atoms with Crippen LogP contribution in [0.3, 0.4) is 0 Å². The molecule has 0 saturated carbocycles. The van der Waals surface area contributed by atoms with E-state index in [-0.39, 0.29) is 0 Å². The number of rotatable bonds is 3. The van der Waals surface area contributed by atoms with Gasteiger partial charge in [-0.3, -0.25) is 9.59 Å². The fourth-order valence-electron chi connectivity index (χ4n) is 1.15. The molecule has 0 aliphatic heterocycles. The van der Waals surface area contributed by atoms with Crippen LogP contribution in [-0.4, -0.2) is 24.7 Å². The molecule has 0 spiro atoms. The molecule has 92 valence electrons. The van der Waals surface area contributed by atoms with Crippen LogP contribution in [0.25, 0.3) is 0 Å². The molecule has 0 fully saturated rings. The van der Waals surface area contributed by atoms with E-state index in [9.17, 15) is 9.59 Å². The molecule has 3 N–H and O–H groups in total. The van der Waals surface area contributed by atoms with Gasteiger partial charge in [-0.25, -0.2) is 0 Å². The van der Waals surface area contributed by atoms with Gasteiger partial charge in [0.15, 0.2) is 11.5 Å². The molecule has 17 heavy (non-hydrogen) atoms. The molecule has 0 atom stereocenters. The maximum atomic E-state index is 11.3. The highest BCUT2D eigenvalue weighted by atomic mass is 32.2. The van der Waals surface area contributed by atoms with Crippen LogP contribution in [0, 0.1) is 0 Å². The Balaban J connectivity index is 2.79. The van der Waals surface area contributed by atoms with E-state index in [1.54, 1.807) is 18.2 Å². The quantitative estimate of drug-likeness (QED) is 0.863. The highest BCUT2D eigenvalue weighted by Gasteiger charge is 2.09. The van der Waals surface area contributed by atoms with Crippen LogP contribution < -0.4 is 20.5 Å². The maximum Gasteiger partial charge on any atom is 0.292 e. The third-order valence-corrected chi connectivity index (χ3v) is 2.31. The molecular weight excluding hydrogens is 244 g/mol. The lowest BCUT2D eigenvalue weighted by atomic mass is 10.3. The highest BCUT2D eigenvalue weighted by molar-refractivity contribution is 8.26. The number of thioether (sulfide) groups is 1. The standard InChI is InChI=1S/C10H12N2O4S/c1-15-7-4-3-6(5-8(7)16-2)12-10(14)17-9(11)13/h3-5H,1-2H3,(H2,11,13)(H,12,14). The van der Waals surface area contributed by atoms with Crippen molar-refractivity contribution in [2.45, 2.75) is 0 Å². The topological polar surface area (TPSA) is 90.6 Å². The first-order chi connectivity index (χ1) is 8.06. The minimum atomic E-state index is -0.761. The van der Waals surface area contributed by atoms with E-state index in [2.05, 4.69) is 5.32 Å². The number of primary amides is 1. The summed E-state index contributed by atoms with van der Waals surface area (Å²) in [5, 5.41) is 1.17. The Morgan fingerprint density at radius 1 is 1.24 bits per heavy atom. The summed E-state index contributed by atoms with van der Waals surface area (Å²) in [6, 6.07) is 4.85. The Labute approximate surface area is 102 Å². The van der Waals surface area contributed by atoms with Gasteiger partial charge in [-0.2, -0.15) is 0 Å². The fraction of sp³-hybridized carbons (Fsp3) is 0.200. The summed E-state index contributed by atoms with van der Waals surface area (Å²) in [6.45, 7) is 0. The van der Waals surface area contributed by atoms with Crippen molar-refractivity contribution in [2.75, 3.05) is 19.5 Å². The second-order valence-electron chi connectivity index (χ2n) is 2.90. The molecule has 0 heterocycles. The predicted molar refractivity (Wildman–Crippen MR) is 65.7 cm³/mol. The second-order valence-corrected chi connectivity index (χ2v) is 3.88. The molecule has 0 radical (unpaired) electrons. The number of nitrogens with one attached hydrogen (secondary N) is 1. The van der Waals surface area contributed by atoms with Crippen molar-refractivity contribution in [2.24, 2.45) is 5.73 Å². The summed E-state index contributed by atoms with van der Waals surface area (Å²) >= 11 is 0.389. The summed E-state index contributed by atoms with van der Waals surface area (Å²) in [5.74, 6) is 1.03. The molecular formula is C10H12N2O4S. The summed E-state index contributed by atoms with van der Waals surface area (Å²) in [5.41, 5.74) is 5.35. The van der Waals surface area contributed by atoms with Gasteiger partial charge >= 0.3 is 0 Å². The third-order valence-electron chi connectivity index (χ3n) is 1.82. The maximum absolute atomic E-state index is 11.3. The molecule has 2 amide bonds. The number of benzene rings is 1. The molecule has 0 bridgehead atoms. The number of amides is 2. The Hall–Kier alpha value is -1.89. The monoisotopic (exact) mass is 256 g/mol. The van der Waals surface area contributed by atoms with Crippen molar-refractivity contribution in [1.29, 1.82) is 0 Å². The van der Waals surface area contributed by atoms with E-state index < -0.39 is 10.5 Å². The normalized spacial score (nSPS) is 9.53. The average Bonchev–Trinajstić information content (AvgIpc) is 2.27. The van der Waals surface area contributed by atoms with E-state index in [4.69, 9.17) is 15.2 Å². The zero-order chi connectivity index (χ0) is 12.8. The van der Waals surface area contributed by atoms with Crippen LogP contribution >= 0.6 is 11.8 Å². The van der Waals surface area contributed by atoms with Crippen LogP contribution in [0.1, 0.15) is 0 Å². The Morgan fingerprint density at radius 3 is 2.41 bits per heavy atom. The third kappa shape index (κ3) is 3.87. The highest BCUT2D eigenvalue weighted by Crippen LogP contribution is 2.30. The number of hydrogen-bond acceptors (Lipinski definition) is 5. The first-order valence-electron chi connectivity index (χ1n) is 4.57. The Morgan fingerprint density at radius 2 is 1.88 bits per heavy atom. The van der Waals surface area contributed by atoms with Gasteiger partial charge in [0.25, 0.3) is 10.5 Å². The van der Waals surface area contributed by atoms with Crippen molar-refractivity contribution in [3.8, 4) is 11.5 Å². The number of nitrogens with two attached hydrogens (primary N) is 1. The zero-order valence-electron chi connectivity index (χ0n) is 9.35. The van der Waals surface area contributed by atoms with Gasteiger partial charge < -0.3 is 20.5 Å². The number of carbonyl (C=O) groups is 2. The smallest absolute Gasteiger partial charge is 0.292 e. The first-order valence-corrected chi connectivity index (χ1v) is 5.38.